The van der Waals surface area contributed by atoms with E-state index in [0.717, 1.165) is 17.7 Å². The number of pyridine rings is 1. The van der Waals surface area contributed by atoms with Crippen molar-refractivity contribution in [2.75, 3.05) is 7.05 Å². The molecular weight excluding hydrogens is 250 g/mol. The molecule has 4 heteroatoms. The summed E-state index contributed by atoms with van der Waals surface area (Å²) in [7, 11) is 2.00. The van der Waals surface area contributed by atoms with E-state index in [-0.39, 0.29) is 11.9 Å². The van der Waals surface area contributed by atoms with E-state index in [2.05, 4.69) is 9.88 Å². The molecule has 0 bridgehead atoms. The van der Waals surface area contributed by atoms with Crippen molar-refractivity contribution in [3.63, 3.8) is 0 Å². The molecule has 0 aliphatic carbocycles. The molecule has 0 unspecified atom stereocenters. The number of aromatic nitrogens is 1. The Hall–Kier alpha value is -2.20. The first-order valence-electron chi connectivity index (χ1n) is 6.59. The van der Waals surface area contributed by atoms with Gasteiger partial charge < -0.3 is 5.73 Å². The molecular formula is C16H19N3O. The van der Waals surface area contributed by atoms with Crippen molar-refractivity contribution >= 4 is 5.91 Å². The highest BCUT2D eigenvalue weighted by atomic mass is 16.1. The van der Waals surface area contributed by atoms with E-state index in [0.29, 0.717) is 6.42 Å². The predicted octanol–water partition coefficient (Wildman–Crippen LogP) is 2.13. The maximum absolute atomic E-state index is 11.3. The smallest absolute Gasteiger partial charge is 0.219 e. The van der Waals surface area contributed by atoms with Crippen LogP contribution < -0.4 is 5.73 Å². The molecule has 0 aliphatic heterocycles. The highest BCUT2D eigenvalue weighted by molar-refractivity contribution is 5.74. The molecule has 1 atom stereocenters. The fourth-order valence-electron chi connectivity index (χ4n) is 2.28. The average Bonchev–Trinajstić information content (AvgIpc) is 2.46. The van der Waals surface area contributed by atoms with E-state index >= 15 is 0 Å². The number of carbonyl (C=O) groups is 1. The summed E-state index contributed by atoms with van der Waals surface area (Å²) in [6.45, 7) is 0.745. The van der Waals surface area contributed by atoms with Gasteiger partial charge in [0.1, 0.15) is 0 Å². The molecule has 2 rings (SSSR count). The molecule has 4 nitrogen and oxygen atoms in total. The molecule has 0 radical (unpaired) electrons. The second-order valence-corrected chi connectivity index (χ2v) is 4.87. The molecule has 2 N–H and O–H groups in total. The van der Waals surface area contributed by atoms with Gasteiger partial charge in [0.25, 0.3) is 0 Å². The van der Waals surface area contributed by atoms with Gasteiger partial charge in [0, 0.05) is 31.4 Å². The van der Waals surface area contributed by atoms with Crippen molar-refractivity contribution in [2.45, 2.75) is 19.0 Å². The molecule has 1 aromatic carbocycles. The lowest BCUT2D eigenvalue weighted by atomic mass is 10.0. The van der Waals surface area contributed by atoms with Crippen LogP contribution in [-0.4, -0.2) is 22.8 Å². The number of primary amides is 1. The molecule has 1 amide bonds. The number of hydrogen-bond acceptors (Lipinski definition) is 3. The summed E-state index contributed by atoms with van der Waals surface area (Å²) in [6, 6.07) is 13.9. The summed E-state index contributed by atoms with van der Waals surface area (Å²) in [5.41, 5.74) is 7.65. The van der Waals surface area contributed by atoms with Crippen LogP contribution >= 0.6 is 0 Å². The predicted molar refractivity (Wildman–Crippen MR) is 78.7 cm³/mol. The second-order valence-electron chi connectivity index (χ2n) is 4.87. The van der Waals surface area contributed by atoms with Crippen LogP contribution in [0.15, 0.2) is 54.9 Å². The van der Waals surface area contributed by atoms with E-state index in [9.17, 15) is 4.79 Å². The van der Waals surface area contributed by atoms with Gasteiger partial charge in [0.15, 0.2) is 0 Å². The van der Waals surface area contributed by atoms with Crippen LogP contribution in [0.3, 0.4) is 0 Å². The van der Waals surface area contributed by atoms with E-state index in [1.165, 1.54) is 0 Å². The minimum Gasteiger partial charge on any atom is -0.370 e. The van der Waals surface area contributed by atoms with Crippen molar-refractivity contribution < 1.29 is 4.79 Å². The summed E-state index contributed by atoms with van der Waals surface area (Å²) in [4.78, 5) is 17.5. The zero-order valence-electron chi connectivity index (χ0n) is 11.6. The first-order chi connectivity index (χ1) is 9.66. The van der Waals surface area contributed by atoms with Crippen LogP contribution in [-0.2, 0) is 11.3 Å². The van der Waals surface area contributed by atoms with Gasteiger partial charge in [-0.3, -0.25) is 14.7 Å². The quantitative estimate of drug-likeness (QED) is 0.874. The van der Waals surface area contributed by atoms with Gasteiger partial charge in [-0.05, 0) is 30.3 Å². The lowest BCUT2D eigenvalue weighted by Crippen LogP contribution is -2.28. The van der Waals surface area contributed by atoms with Gasteiger partial charge in [-0.15, -0.1) is 0 Å². The highest BCUT2D eigenvalue weighted by Crippen LogP contribution is 2.24. The van der Waals surface area contributed by atoms with Crippen LogP contribution in [0.2, 0.25) is 0 Å². The monoisotopic (exact) mass is 269 g/mol. The Morgan fingerprint density at radius 1 is 1.20 bits per heavy atom. The minimum atomic E-state index is -0.291. The summed E-state index contributed by atoms with van der Waals surface area (Å²) in [5, 5.41) is 0. The molecule has 0 fully saturated rings. The van der Waals surface area contributed by atoms with Crippen LogP contribution in [0, 0.1) is 0 Å². The third-order valence-corrected chi connectivity index (χ3v) is 3.29. The SMILES string of the molecule is CN(Cc1ccncc1)[C@H](CC(N)=O)c1ccccc1. The highest BCUT2D eigenvalue weighted by Gasteiger charge is 2.19. The molecule has 0 saturated heterocycles. The number of carbonyl (C=O) groups excluding carboxylic acids is 1. The number of amides is 1. The Morgan fingerprint density at radius 3 is 2.45 bits per heavy atom. The topological polar surface area (TPSA) is 59.2 Å². The first kappa shape index (κ1) is 14.2. The summed E-state index contributed by atoms with van der Waals surface area (Å²) >= 11 is 0. The van der Waals surface area contributed by atoms with Crippen molar-refractivity contribution in [3.8, 4) is 0 Å². The Balaban J connectivity index is 2.16. The number of benzene rings is 1. The van der Waals surface area contributed by atoms with Gasteiger partial charge >= 0.3 is 0 Å². The van der Waals surface area contributed by atoms with E-state index in [1.54, 1.807) is 12.4 Å². The summed E-state index contributed by atoms with van der Waals surface area (Å²) in [5.74, 6) is -0.291. The molecule has 2 aromatic rings. The third-order valence-electron chi connectivity index (χ3n) is 3.29. The van der Waals surface area contributed by atoms with Crippen molar-refractivity contribution in [1.82, 2.24) is 9.88 Å². The number of nitrogens with zero attached hydrogens (tertiary/aromatic N) is 2. The minimum absolute atomic E-state index is 0.0122. The lowest BCUT2D eigenvalue weighted by molar-refractivity contribution is -0.119. The van der Waals surface area contributed by atoms with Crippen LogP contribution in [0.4, 0.5) is 0 Å². The van der Waals surface area contributed by atoms with Gasteiger partial charge in [-0.2, -0.15) is 0 Å². The molecule has 0 aliphatic rings. The normalized spacial score (nSPS) is 12.3. The lowest BCUT2D eigenvalue weighted by Gasteiger charge is -2.27. The van der Waals surface area contributed by atoms with Crippen molar-refractivity contribution in [1.29, 1.82) is 0 Å². The Bertz CT molecular complexity index is 542. The second kappa shape index (κ2) is 6.82. The Morgan fingerprint density at radius 2 is 1.85 bits per heavy atom. The van der Waals surface area contributed by atoms with Crippen molar-refractivity contribution in [2.24, 2.45) is 5.73 Å². The molecule has 0 saturated carbocycles. The maximum atomic E-state index is 11.3. The zero-order valence-corrected chi connectivity index (χ0v) is 11.6. The van der Waals surface area contributed by atoms with E-state index < -0.39 is 0 Å². The van der Waals surface area contributed by atoms with E-state index in [4.69, 9.17) is 5.73 Å². The zero-order chi connectivity index (χ0) is 14.4. The third kappa shape index (κ3) is 3.90. The molecule has 104 valence electrons. The Labute approximate surface area is 119 Å². The summed E-state index contributed by atoms with van der Waals surface area (Å²) in [6.07, 6.45) is 3.86. The standard InChI is InChI=1S/C16H19N3O/c1-19(12-13-7-9-18-10-8-13)15(11-16(17)20)14-5-3-2-4-6-14/h2-10,15H,11-12H2,1H3,(H2,17,20)/t15-/m1/s1. The van der Waals surface area contributed by atoms with Gasteiger partial charge in [-0.1, -0.05) is 30.3 Å². The molecule has 0 spiro atoms. The van der Waals surface area contributed by atoms with E-state index in [1.807, 2.05) is 49.5 Å². The number of nitrogens with two attached hydrogens (primary N) is 1. The average molecular weight is 269 g/mol. The van der Waals surface area contributed by atoms with Crippen LogP contribution in [0.1, 0.15) is 23.6 Å². The molecule has 1 aromatic heterocycles. The fourth-order valence-corrected chi connectivity index (χ4v) is 2.28. The van der Waals surface area contributed by atoms with Crippen LogP contribution in [0.25, 0.3) is 0 Å². The van der Waals surface area contributed by atoms with Crippen LogP contribution in [0.5, 0.6) is 0 Å². The van der Waals surface area contributed by atoms with Crippen molar-refractivity contribution in [3.05, 3.63) is 66.0 Å². The van der Waals surface area contributed by atoms with Gasteiger partial charge in [0.2, 0.25) is 5.91 Å². The van der Waals surface area contributed by atoms with Gasteiger partial charge in [0.05, 0.1) is 0 Å². The molecule has 1 heterocycles. The Kier molecular flexibility index (Phi) is 4.85. The molecule has 20 heavy (non-hydrogen) atoms. The number of rotatable bonds is 6. The number of hydrogen-bond donors (Lipinski definition) is 1. The first-order valence-corrected chi connectivity index (χ1v) is 6.59. The van der Waals surface area contributed by atoms with Gasteiger partial charge in [-0.25, -0.2) is 0 Å². The summed E-state index contributed by atoms with van der Waals surface area (Å²) < 4.78 is 0. The fraction of sp³-hybridized carbons (Fsp3) is 0.250. The largest absolute Gasteiger partial charge is 0.370 e. The maximum Gasteiger partial charge on any atom is 0.219 e.